The first-order valence-electron chi connectivity index (χ1n) is 8.00. The van der Waals surface area contributed by atoms with Crippen LogP contribution in [0.25, 0.3) is 10.9 Å². The van der Waals surface area contributed by atoms with Crippen LogP contribution >= 0.6 is 11.8 Å². The number of pyridine rings is 2. The summed E-state index contributed by atoms with van der Waals surface area (Å²) in [6.07, 6.45) is 3.43. The molecule has 6 heteroatoms. The number of aromatic nitrogens is 2. The van der Waals surface area contributed by atoms with Crippen LogP contribution in [0.1, 0.15) is 28.4 Å². The zero-order chi connectivity index (χ0) is 17.8. The summed E-state index contributed by atoms with van der Waals surface area (Å²) in [7, 11) is 0. The maximum Gasteiger partial charge on any atom is 0.254 e. The molecule has 0 bridgehead atoms. The lowest BCUT2D eigenvalue weighted by Crippen LogP contribution is -2.25. The van der Waals surface area contributed by atoms with Gasteiger partial charge in [0.1, 0.15) is 10.8 Å². The van der Waals surface area contributed by atoms with Gasteiger partial charge in [0.25, 0.3) is 5.91 Å². The van der Waals surface area contributed by atoms with Crippen molar-refractivity contribution in [3.63, 3.8) is 0 Å². The van der Waals surface area contributed by atoms with Gasteiger partial charge in [0.2, 0.25) is 0 Å². The maximum atomic E-state index is 13.0. The predicted molar refractivity (Wildman–Crippen MR) is 98.2 cm³/mol. The number of nitrogens with one attached hydrogen (secondary N) is 1. The van der Waals surface area contributed by atoms with E-state index in [1.165, 1.54) is 12.1 Å². The van der Waals surface area contributed by atoms with Crippen LogP contribution in [0.5, 0.6) is 0 Å². The number of fused-ring (bicyclic) bond motifs is 1. The Labute approximate surface area is 149 Å². The number of rotatable bonds is 5. The quantitative estimate of drug-likeness (QED) is 0.700. The number of carbonyl (C=O) groups is 1. The van der Waals surface area contributed by atoms with Gasteiger partial charge in [-0.15, -0.1) is 11.8 Å². The second-order valence-electron chi connectivity index (χ2n) is 5.55. The molecule has 3 rings (SSSR count). The third-order valence-corrected chi connectivity index (χ3v) is 4.74. The second-order valence-corrected chi connectivity index (χ2v) is 6.80. The molecular weight excluding hydrogens is 337 g/mol. The van der Waals surface area contributed by atoms with Crippen molar-refractivity contribution in [2.45, 2.75) is 25.4 Å². The molecule has 128 valence electrons. The average Bonchev–Trinajstić information content (AvgIpc) is 2.61. The molecule has 3 aromatic rings. The van der Waals surface area contributed by atoms with Gasteiger partial charge in [-0.25, -0.2) is 9.37 Å². The number of halogens is 1. The molecule has 0 radical (unpaired) electrons. The topological polar surface area (TPSA) is 54.9 Å². The fraction of sp³-hybridized carbons (Fsp3) is 0.211. The summed E-state index contributed by atoms with van der Waals surface area (Å²) in [5.41, 5.74) is 3.12. The first-order chi connectivity index (χ1) is 12.1. The highest BCUT2D eigenvalue weighted by Crippen LogP contribution is 2.28. The number of thioether (sulfide) groups is 1. The summed E-state index contributed by atoms with van der Waals surface area (Å²) >= 11 is 1.54. The first kappa shape index (κ1) is 17.4. The Kier molecular flexibility index (Phi) is 5.28. The molecule has 0 saturated carbocycles. The third kappa shape index (κ3) is 3.79. The molecule has 0 spiro atoms. The Morgan fingerprint density at radius 3 is 2.72 bits per heavy atom. The van der Waals surface area contributed by atoms with E-state index < -0.39 is 0 Å². The normalized spacial score (nSPS) is 10.8. The molecule has 1 N–H and O–H groups in total. The highest BCUT2D eigenvalue weighted by Gasteiger charge is 2.18. The fourth-order valence-electron chi connectivity index (χ4n) is 2.62. The van der Waals surface area contributed by atoms with E-state index in [4.69, 9.17) is 0 Å². The van der Waals surface area contributed by atoms with Crippen molar-refractivity contribution in [2.24, 2.45) is 0 Å². The van der Waals surface area contributed by atoms with Crippen molar-refractivity contribution in [1.29, 1.82) is 0 Å². The summed E-state index contributed by atoms with van der Waals surface area (Å²) in [6, 6.07) is 7.93. The van der Waals surface area contributed by atoms with Gasteiger partial charge in [0.15, 0.2) is 0 Å². The molecule has 4 nitrogen and oxygen atoms in total. The Balaban J connectivity index is 1.92. The van der Waals surface area contributed by atoms with E-state index in [1.54, 1.807) is 36.3 Å². The van der Waals surface area contributed by atoms with Crippen LogP contribution < -0.4 is 5.32 Å². The summed E-state index contributed by atoms with van der Waals surface area (Å²) in [5, 5.41) is 4.49. The van der Waals surface area contributed by atoms with E-state index in [-0.39, 0.29) is 11.7 Å². The molecule has 2 aromatic heterocycles. The summed E-state index contributed by atoms with van der Waals surface area (Å²) < 4.78 is 13.0. The Hall–Kier alpha value is -2.47. The fourth-order valence-corrected chi connectivity index (χ4v) is 3.44. The number of carbonyl (C=O) groups excluding carboxylic acids is 1. The van der Waals surface area contributed by atoms with Crippen LogP contribution in [0.2, 0.25) is 0 Å². The van der Waals surface area contributed by atoms with Crippen LogP contribution in [-0.2, 0) is 6.54 Å². The maximum absolute atomic E-state index is 13.0. The largest absolute Gasteiger partial charge is 0.348 e. The highest BCUT2D eigenvalue weighted by molar-refractivity contribution is 7.99. The minimum Gasteiger partial charge on any atom is -0.348 e. The van der Waals surface area contributed by atoms with Gasteiger partial charge in [-0.3, -0.25) is 9.78 Å². The van der Waals surface area contributed by atoms with Gasteiger partial charge in [0, 0.05) is 24.3 Å². The van der Waals surface area contributed by atoms with E-state index in [0.717, 1.165) is 32.8 Å². The Bertz CT molecular complexity index is 912. The van der Waals surface area contributed by atoms with Crippen molar-refractivity contribution in [1.82, 2.24) is 15.3 Å². The molecule has 25 heavy (non-hydrogen) atoms. The van der Waals surface area contributed by atoms with Crippen LogP contribution in [0, 0.1) is 12.7 Å². The smallest absolute Gasteiger partial charge is 0.254 e. The summed E-state index contributed by atoms with van der Waals surface area (Å²) in [5.74, 6) is 0.344. The lowest BCUT2D eigenvalue weighted by molar-refractivity contribution is 0.0947. The average molecular weight is 355 g/mol. The molecule has 0 unspecified atom stereocenters. The molecule has 0 fully saturated rings. The number of aryl methyl sites for hydroxylation is 1. The molecule has 0 atom stereocenters. The van der Waals surface area contributed by atoms with E-state index in [2.05, 4.69) is 15.3 Å². The number of nitrogens with zero attached hydrogens (tertiary/aromatic N) is 2. The Morgan fingerprint density at radius 2 is 2.00 bits per heavy atom. The minimum atomic E-state index is -0.293. The van der Waals surface area contributed by atoms with Gasteiger partial charge in [-0.1, -0.05) is 19.1 Å². The standard InChI is InChI=1S/C19H18FN3OS/c1-3-25-19-17(12(2)15-11-21-9-8-16(15)23-19)18(24)22-10-13-4-6-14(20)7-5-13/h4-9,11H,3,10H2,1-2H3,(H,22,24). The monoisotopic (exact) mass is 355 g/mol. The number of hydrogen-bond donors (Lipinski definition) is 1. The van der Waals surface area contributed by atoms with Crippen molar-refractivity contribution in [2.75, 3.05) is 5.75 Å². The number of amides is 1. The van der Waals surface area contributed by atoms with Crippen molar-refractivity contribution < 1.29 is 9.18 Å². The van der Waals surface area contributed by atoms with Gasteiger partial charge in [-0.2, -0.15) is 0 Å². The molecule has 0 saturated heterocycles. The lowest BCUT2D eigenvalue weighted by atomic mass is 10.1. The third-order valence-electron chi connectivity index (χ3n) is 3.89. The SMILES string of the molecule is CCSc1nc2ccncc2c(C)c1C(=O)NCc1ccc(F)cc1. The predicted octanol–water partition coefficient (Wildman–Crippen LogP) is 4.12. The van der Waals surface area contributed by atoms with Gasteiger partial charge in [-0.05, 0) is 42.0 Å². The van der Waals surface area contributed by atoms with Gasteiger partial charge < -0.3 is 5.32 Å². The van der Waals surface area contributed by atoms with E-state index in [9.17, 15) is 9.18 Å². The van der Waals surface area contributed by atoms with Crippen molar-refractivity contribution >= 4 is 28.6 Å². The number of benzene rings is 1. The zero-order valence-electron chi connectivity index (χ0n) is 14.0. The van der Waals surface area contributed by atoms with Crippen molar-refractivity contribution in [3.05, 3.63) is 65.2 Å². The van der Waals surface area contributed by atoms with Crippen LogP contribution in [-0.4, -0.2) is 21.6 Å². The highest BCUT2D eigenvalue weighted by atomic mass is 32.2. The second kappa shape index (κ2) is 7.61. The summed E-state index contributed by atoms with van der Waals surface area (Å²) in [6.45, 7) is 4.27. The molecule has 0 aliphatic heterocycles. The Morgan fingerprint density at radius 1 is 1.24 bits per heavy atom. The summed E-state index contributed by atoms with van der Waals surface area (Å²) in [4.78, 5) is 21.5. The molecule has 0 aliphatic carbocycles. The minimum absolute atomic E-state index is 0.184. The van der Waals surface area contributed by atoms with Crippen LogP contribution in [0.15, 0.2) is 47.8 Å². The molecule has 2 heterocycles. The van der Waals surface area contributed by atoms with Gasteiger partial charge in [0.05, 0.1) is 11.1 Å². The van der Waals surface area contributed by atoms with Crippen molar-refractivity contribution in [3.8, 4) is 0 Å². The zero-order valence-corrected chi connectivity index (χ0v) is 14.9. The van der Waals surface area contributed by atoms with E-state index in [1.807, 2.05) is 19.9 Å². The molecule has 0 aliphatic rings. The molecule has 1 aromatic carbocycles. The van der Waals surface area contributed by atoms with Crippen LogP contribution in [0.3, 0.4) is 0 Å². The van der Waals surface area contributed by atoms with Crippen LogP contribution in [0.4, 0.5) is 4.39 Å². The molecular formula is C19H18FN3OS. The lowest BCUT2D eigenvalue weighted by Gasteiger charge is -2.14. The van der Waals surface area contributed by atoms with E-state index in [0.29, 0.717) is 12.1 Å². The van der Waals surface area contributed by atoms with Gasteiger partial charge >= 0.3 is 0 Å². The number of hydrogen-bond acceptors (Lipinski definition) is 4. The first-order valence-corrected chi connectivity index (χ1v) is 8.98. The molecule has 1 amide bonds. The van der Waals surface area contributed by atoms with E-state index >= 15 is 0 Å².